The van der Waals surface area contributed by atoms with Crippen molar-refractivity contribution < 1.29 is 14.5 Å². The molecule has 1 atom stereocenters. The van der Waals surface area contributed by atoms with Gasteiger partial charge in [-0.1, -0.05) is 16.4 Å². The summed E-state index contributed by atoms with van der Waals surface area (Å²) in [5.41, 5.74) is 0.987. The Balaban J connectivity index is 2.03. The summed E-state index contributed by atoms with van der Waals surface area (Å²) in [6.45, 7) is 6.88. The summed E-state index contributed by atoms with van der Waals surface area (Å²) >= 11 is 0. The highest BCUT2D eigenvalue weighted by molar-refractivity contribution is 5.78. The summed E-state index contributed by atoms with van der Waals surface area (Å²) < 4.78 is 4.61. The number of carbonyl (C=O) groups is 1. The molecule has 1 fully saturated rings. The summed E-state index contributed by atoms with van der Waals surface area (Å²) in [6, 6.07) is 0. The molecular formula is C14H21N3O3. The number of rotatable bonds is 5. The molecule has 6 nitrogen and oxygen atoms in total. The maximum Gasteiger partial charge on any atom is 0.228 e. The van der Waals surface area contributed by atoms with Crippen molar-refractivity contribution in [2.45, 2.75) is 32.6 Å². The number of hydrogen-bond acceptors (Lipinski definition) is 5. The van der Waals surface area contributed by atoms with E-state index in [0.717, 1.165) is 25.8 Å². The average Bonchev–Trinajstić information content (AvgIpc) is 2.85. The first-order chi connectivity index (χ1) is 9.60. The van der Waals surface area contributed by atoms with Crippen molar-refractivity contribution in [3.63, 3.8) is 0 Å². The van der Waals surface area contributed by atoms with Crippen LogP contribution in [0.5, 0.6) is 0 Å². The maximum absolute atomic E-state index is 12.3. The Bertz CT molecular complexity index is 486. The second kappa shape index (κ2) is 6.17. The summed E-state index contributed by atoms with van der Waals surface area (Å²) in [6.07, 6.45) is 4.55. The summed E-state index contributed by atoms with van der Waals surface area (Å²) in [7, 11) is 0. The van der Waals surface area contributed by atoms with Gasteiger partial charge in [0.2, 0.25) is 5.91 Å². The van der Waals surface area contributed by atoms with Crippen molar-refractivity contribution in [3.8, 4) is 0 Å². The van der Waals surface area contributed by atoms with Gasteiger partial charge < -0.3 is 10.0 Å². The Morgan fingerprint density at radius 2 is 2.40 bits per heavy atom. The molecule has 1 aliphatic rings. The van der Waals surface area contributed by atoms with Gasteiger partial charge in [-0.05, 0) is 26.2 Å². The second-order valence-electron chi connectivity index (χ2n) is 5.54. The smallest absolute Gasteiger partial charge is 0.228 e. The third kappa shape index (κ3) is 3.07. The first kappa shape index (κ1) is 14.7. The summed E-state index contributed by atoms with van der Waals surface area (Å²) in [4.78, 5) is 14.1. The molecule has 1 amide bonds. The number of likely N-dealkylation sites (tertiary alicyclic amines) is 1. The molecule has 0 bridgehead atoms. The molecule has 1 aromatic rings. The number of aromatic nitrogens is 2. The summed E-state index contributed by atoms with van der Waals surface area (Å²) in [5, 5.41) is 17.1. The minimum atomic E-state index is -0.243. The van der Waals surface area contributed by atoms with E-state index in [1.165, 1.54) is 0 Å². The predicted molar refractivity (Wildman–Crippen MR) is 72.9 cm³/mol. The van der Waals surface area contributed by atoms with Gasteiger partial charge in [0.15, 0.2) is 0 Å². The number of amides is 1. The normalized spacial score (nSPS) is 22.8. The van der Waals surface area contributed by atoms with Gasteiger partial charge in [0.25, 0.3) is 0 Å². The van der Waals surface area contributed by atoms with Crippen LogP contribution < -0.4 is 0 Å². The van der Waals surface area contributed by atoms with E-state index >= 15 is 0 Å². The standard InChI is InChI=1S/C14H21N3O3/c1-3-5-14(10-18)6-4-7-17(9-14)13(19)8-12-11(2)15-20-16-12/h3,18H,1,4-10H2,2H3/t14-/m1/s1. The molecule has 0 aliphatic carbocycles. The van der Waals surface area contributed by atoms with E-state index in [0.29, 0.717) is 17.9 Å². The minimum absolute atomic E-state index is 0.00499. The molecule has 0 unspecified atom stereocenters. The molecule has 110 valence electrons. The quantitative estimate of drug-likeness (QED) is 0.816. The fourth-order valence-corrected chi connectivity index (χ4v) is 2.75. The van der Waals surface area contributed by atoms with Gasteiger partial charge in [-0.25, -0.2) is 4.63 Å². The number of hydrogen-bond donors (Lipinski definition) is 1. The van der Waals surface area contributed by atoms with Gasteiger partial charge in [0, 0.05) is 18.5 Å². The van der Waals surface area contributed by atoms with Crippen LogP contribution in [0.1, 0.15) is 30.7 Å². The zero-order valence-corrected chi connectivity index (χ0v) is 11.8. The van der Waals surface area contributed by atoms with E-state index in [4.69, 9.17) is 0 Å². The summed E-state index contributed by atoms with van der Waals surface area (Å²) in [5.74, 6) is 0.00499. The molecule has 1 aliphatic heterocycles. The Labute approximate surface area is 118 Å². The lowest BCUT2D eigenvalue weighted by molar-refractivity contribution is -0.134. The van der Waals surface area contributed by atoms with Crippen LogP contribution in [0.2, 0.25) is 0 Å². The molecule has 0 spiro atoms. The lowest BCUT2D eigenvalue weighted by Gasteiger charge is -2.41. The van der Waals surface area contributed by atoms with E-state index in [1.54, 1.807) is 11.8 Å². The molecule has 2 rings (SSSR count). The van der Waals surface area contributed by atoms with E-state index in [1.807, 2.05) is 6.08 Å². The van der Waals surface area contributed by atoms with Crippen molar-refractivity contribution in [3.05, 3.63) is 24.0 Å². The van der Waals surface area contributed by atoms with Crippen LogP contribution in [0.4, 0.5) is 0 Å². The second-order valence-corrected chi connectivity index (χ2v) is 5.54. The Morgan fingerprint density at radius 1 is 1.60 bits per heavy atom. The van der Waals surface area contributed by atoms with Crippen molar-refractivity contribution in [2.24, 2.45) is 5.41 Å². The highest BCUT2D eigenvalue weighted by Crippen LogP contribution is 2.33. The Kier molecular flexibility index (Phi) is 4.54. The van der Waals surface area contributed by atoms with Gasteiger partial charge in [-0.3, -0.25) is 4.79 Å². The first-order valence-corrected chi connectivity index (χ1v) is 6.88. The number of carbonyl (C=O) groups excluding carboxylic acids is 1. The maximum atomic E-state index is 12.3. The zero-order valence-electron chi connectivity index (χ0n) is 11.8. The monoisotopic (exact) mass is 279 g/mol. The Morgan fingerprint density at radius 3 is 3.00 bits per heavy atom. The highest BCUT2D eigenvalue weighted by atomic mass is 16.6. The Hall–Kier alpha value is -1.69. The van der Waals surface area contributed by atoms with E-state index in [-0.39, 0.29) is 24.3 Å². The van der Waals surface area contributed by atoms with Crippen LogP contribution in [-0.2, 0) is 11.2 Å². The van der Waals surface area contributed by atoms with Crippen LogP contribution >= 0.6 is 0 Å². The molecule has 20 heavy (non-hydrogen) atoms. The van der Waals surface area contributed by atoms with Crippen molar-refractivity contribution >= 4 is 5.91 Å². The lowest BCUT2D eigenvalue weighted by atomic mass is 9.77. The average molecular weight is 279 g/mol. The van der Waals surface area contributed by atoms with Crippen molar-refractivity contribution in [1.82, 2.24) is 15.2 Å². The molecular weight excluding hydrogens is 258 g/mol. The van der Waals surface area contributed by atoms with Crippen LogP contribution in [0.25, 0.3) is 0 Å². The molecule has 6 heteroatoms. The number of allylic oxidation sites excluding steroid dienone is 1. The first-order valence-electron chi connectivity index (χ1n) is 6.88. The van der Waals surface area contributed by atoms with Gasteiger partial charge in [0.1, 0.15) is 11.4 Å². The minimum Gasteiger partial charge on any atom is -0.396 e. The lowest BCUT2D eigenvalue weighted by Crippen LogP contribution is -2.48. The molecule has 0 aromatic carbocycles. The molecule has 2 heterocycles. The van der Waals surface area contributed by atoms with Crippen molar-refractivity contribution in [1.29, 1.82) is 0 Å². The SMILES string of the molecule is C=CC[C@@]1(CO)CCCN(C(=O)Cc2nonc2C)C1. The van der Waals surface area contributed by atoms with Crippen LogP contribution in [-0.4, -0.2) is 45.9 Å². The molecule has 1 aromatic heterocycles. The fourth-order valence-electron chi connectivity index (χ4n) is 2.75. The van der Waals surface area contributed by atoms with Crippen LogP contribution in [0.15, 0.2) is 17.3 Å². The van der Waals surface area contributed by atoms with Gasteiger partial charge in [0.05, 0.1) is 13.0 Å². The third-order valence-corrected chi connectivity index (χ3v) is 3.99. The topological polar surface area (TPSA) is 79.5 Å². The fraction of sp³-hybridized carbons (Fsp3) is 0.643. The predicted octanol–water partition coefficient (Wildman–Crippen LogP) is 1.10. The number of piperidine rings is 1. The third-order valence-electron chi connectivity index (χ3n) is 3.99. The molecule has 1 N–H and O–H groups in total. The highest BCUT2D eigenvalue weighted by Gasteiger charge is 2.35. The van der Waals surface area contributed by atoms with E-state index in [9.17, 15) is 9.90 Å². The largest absolute Gasteiger partial charge is 0.396 e. The molecule has 0 saturated carbocycles. The number of aliphatic hydroxyl groups is 1. The number of aryl methyl sites for hydroxylation is 1. The van der Waals surface area contributed by atoms with Gasteiger partial charge in [-0.15, -0.1) is 6.58 Å². The van der Waals surface area contributed by atoms with Gasteiger partial charge >= 0.3 is 0 Å². The van der Waals surface area contributed by atoms with Crippen LogP contribution in [0.3, 0.4) is 0 Å². The molecule has 0 radical (unpaired) electrons. The van der Waals surface area contributed by atoms with Crippen LogP contribution in [0, 0.1) is 12.3 Å². The van der Waals surface area contributed by atoms with Crippen molar-refractivity contribution in [2.75, 3.05) is 19.7 Å². The number of nitrogens with zero attached hydrogens (tertiary/aromatic N) is 3. The van der Waals surface area contributed by atoms with Gasteiger partial charge in [-0.2, -0.15) is 0 Å². The van der Waals surface area contributed by atoms with E-state index in [2.05, 4.69) is 21.5 Å². The molecule has 1 saturated heterocycles. The number of aliphatic hydroxyl groups excluding tert-OH is 1. The zero-order chi connectivity index (χ0) is 14.6. The van der Waals surface area contributed by atoms with E-state index < -0.39 is 0 Å².